The molecule has 3 amide bonds. The Kier molecular flexibility index (Phi) is 4.45. The van der Waals surface area contributed by atoms with Gasteiger partial charge in [-0.05, 0) is 60.2 Å². The zero-order valence-corrected chi connectivity index (χ0v) is 15.8. The number of urea groups is 1. The van der Waals surface area contributed by atoms with Gasteiger partial charge in [0.25, 0.3) is 5.91 Å². The molecule has 1 saturated heterocycles. The summed E-state index contributed by atoms with van der Waals surface area (Å²) >= 11 is 0. The number of carbonyl (C=O) groups is 2. The minimum absolute atomic E-state index is 0.00117. The Bertz CT molecular complexity index is 961. The lowest BCUT2D eigenvalue weighted by Crippen LogP contribution is -2.46. The van der Waals surface area contributed by atoms with E-state index in [1.54, 1.807) is 19.2 Å². The van der Waals surface area contributed by atoms with Crippen molar-refractivity contribution in [3.8, 4) is 11.5 Å². The highest BCUT2D eigenvalue weighted by Gasteiger charge is 2.53. The van der Waals surface area contributed by atoms with E-state index in [9.17, 15) is 14.0 Å². The Morgan fingerprint density at radius 1 is 1.14 bits per heavy atom. The van der Waals surface area contributed by atoms with Crippen molar-refractivity contribution in [1.29, 1.82) is 0 Å². The zero-order valence-electron chi connectivity index (χ0n) is 15.8. The molecule has 1 spiro atoms. The second-order valence-electron chi connectivity index (χ2n) is 7.07. The van der Waals surface area contributed by atoms with E-state index in [1.807, 2.05) is 12.1 Å². The molecular formula is C21H21FN2O4. The van der Waals surface area contributed by atoms with E-state index in [2.05, 4.69) is 5.32 Å². The molecule has 1 N–H and O–H groups in total. The minimum atomic E-state index is -1.07. The van der Waals surface area contributed by atoms with Gasteiger partial charge in [-0.2, -0.15) is 0 Å². The van der Waals surface area contributed by atoms with Crippen LogP contribution >= 0.6 is 0 Å². The largest absolute Gasteiger partial charge is 0.497 e. The van der Waals surface area contributed by atoms with Crippen LogP contribution < -0.4 is 14.8 Å². The van der Waals surface area contributed by atoms with Crippen molar-refractivity contribution in [2.75, 3.05) is 14.2 Å². The number of rotatable bonds is 4. The van der Waals surface area contributed by atoms with Crippen molar-refractivity contribution in [3.05, 3.63) is 58.9 Å². The van der Waals surface area contributed by atoms with Crippen molar-refractivity contribution >= 4 is 11.9 Å². The Hall–Kier alpha value is -3.09. The first kappa shape index (κ1) is 18.3. The molecule has 0 radical (unpaired) electrons. The Morgan fingerprint density at radius 3 is 2.68 bits per heavy atom. The fourth-order valence-electron chi connectivity index (χ4n) is 4.11. The van der Waals surface area contributed by atoms with E-state index in [4.69, 9.17) is 9.47 Å². The molecule has 2 aromatic rings. The maximum atomic E-state index is 14.0. The summed E-state index contributed by atoms with van der Waals surface area (Å²) in [5.74, 6) is 0.00225. The summed E-state index contributed by atoms with van der Waals surface area (Å²) in [6.45, 7) is -0.00117. The molecule has 146 valence electrons. The average molecular weight is 384 g/mol. The summed E-state index contributed by atoms with van der Waals surface area (Å²) in [6, 6.07) is 9.51. The summed E-state index contributed by atoms with van der Waals surface area (Å²) in [4.78, 5) is 27.1. The van der Waals surface area contributed by atoms with Crippen LogP contribution in [0.15, 0.2) is 36.4 Å². The maximum Gasteiger partial charge on any atom is 0.325 e. The SMILES string of the molecule is COc1ccc2c(c1)CCCC21NC(=O)N(Cc2ccc(OC)c(F)c2)C1=O. The smallest absolute Gasteiger partial charge is 0.325 e. The number of hydrogen-bond donors (Lipinski definition) is 1. The highest BCUT2D eigenvalue weighted by atomic mass is 19.1. The van der Waals surface area contributed by atoms with Crippen LogP contribution in [0.25, 0.3) is 0 Å². The quantitative estimate of drug-likeness (QED) is 0.823. The number of methoxy groups -OCH3 is 2. The van der Waals surface area contributed by atoms with Crippen molar-refractivity contribution < 1.29 is 23.5 Å². The van der Waals surface area contributed by atoms with Crippen LogP contribution in [-0.2, 0) is 23.3 Å². The van der Waals surface area contributed by atoms with E-state index in [0.717, 1.165) is 34.6 Å². The molecule has 1 aliphatic heterocycles. The number of imide groups is 1. The van der Waals surface area contributed by atoms with Gasteiger partial charge >= 0.3 is 6.03 Å². The number of hydrogen-bond acceptors (Lipinski definition) is 4. The second-order valence-corrected chi connectivity index (χ2v) is 7.07. The molecule has 28 heavy (non-hydrogen) atoms. The predicted molar refractivity (Wildman–Crippen MR) is 99.6 cm³/mol. The summed E-state index contributed by atoms with van der Waals surface area (Å²) in [5, 5.41) is 2.90. The van der Waals surface area contributed by atoms with Crippen LogP contribution in [-0.4, -0.2) is 31.1 Å². The van der Waals surface area contributed by atoms with Crippen LogP contribution in [0.4, 0.5) is 9.18 Å². The number of benzene rings is 2. The fourth-order valence-corrected chi connectivity index (χ4v) is 4.11. The molecule has 2 aliphatic rings. The molecule has 2 aromatic carbocycles. The van der Waals surface area contributed by atoms with Crippen LogP contribution in [0.2, 0.25) is 0 Å². The van der Waals surface area contributed by atoms with Crippen molar-refractivity contribution in [1.82, 2.24) is 10.2 Å². The summed E-state index contributed by atoms with van der Waals surface area (Å²) in [7, 11) is 2.98. The van der Waals surface area contributed by atoms with Crippen molar-refractivity contribution in [2.45, 2.75) is 31.3 Å². The van der Waals surface area contributed by atoms with Crippen LogP contribution in [0, 0.1) is 5.82 Å². The van der Waals surface area contributed by atoms with Gasteiger partial charge in [-0.15, -0.1) is 0 Å². The van der Waals surface area contributed by atoms with Crippen LogP contribution in [0.3, 0.4) is 0 Å². The first-order chi connectivity index (χ1) is 13.5. The first-order valence-corrected chi connectivity index (χ1v) is 9.12. The van der Waals surface area contributed by atoms with E-state index >= 15 is 0 Å². The van der Waals surface area contributed by atoms with Crippen molar-refractivity contribution in [3.63, 3.8) is 0 Å². The molecular weight excluding hydrogens is 363 g/mol. The second kappa shape index (κ2) is 6.82. The monoisotopic (exact) mass is 384 g/mol. The normalized spacial score (nSPS) is 20.9. The van der Waals surface area contributed by atoms with E-state index in [1.165, 1.54) is 19.2 Å². The summed E-state index contributed by atoms with van der Waals surface area (Å²) < 4.78 is 24.2. The molecule has 1 aliphatic carbocycles. The summed E-state index contributed by atoms with van der Waals surface area (Å²) in [6.07, 6.45) is 2.13. The number of amides is 3. The van der Waals surface area contributed by atoms with Gasteiger partial charge in [-0.25, -0.2) is 9.18 Å². The first-order valence-electron chi connectivity index (χ1n) is 9.12. The third-order valence-electron chi connectivity index (χ3n) is 5.50. The number of halogens is 1. The van der Waals surface area contributed by atoms with E-state index < -0.39 is 17.4 Å². The molecule has 1 fully saturated rings. The lowest BCUT2D eigenvalue weighted by Gasteiger charge is -2.33. The molecule has 1 unspecified atom stereocenters. The molecule has 0 saturated carbocycles. The lowest BCUT2D eigenvalue weighted by atomic mass is 9.76. The van der Waals surface area contributed by atoms with Gasteiger partial charge in [0.15, 0.2) is 11.6 Å². The molecule has 4 rings (SSSR count). The lowest BCUT2D eigenvalue weighted by molar-refractivity contribution is -0.132. The highest BCUT2D eigenvalue weighted by Crippen LogP contribution is 2.41. The zero-order chi connectivity index (χ0) is 19.9. The average Bonchev–Trinajstić information content (AvgIpc) is 2.92. The molecule has 7 heteroatoms. The van der Waals surface area contributed by atoms with Gasteiger partial charge in [-0.1, -0.05) is 12.1 Å². The van der Waals surface area contributed by atoms with E-state index in [-0.39, 0.29) is 18.2 Å². The molecule has 0 bridgehead atoms. The van der Waals surface area contributed by atoms with Gasteiger partial charge < -0.3 is 14.8 Å². The number of nitrogens with one attached hydrogen (secondary N) is 1. The number of aryl methyl sites for hydroxylation is 1. The Morgan fingerprint density at radius 2 is 1.96 bits per heavy atom. The number of carbonyl (C=O) groups excluding carboxylic acids is 2. The molecule has 0 aromatic heterocycles. The molecule has 6 nitrogen and oxygen atoms in total. The number of ether oxygens (including phenoxy) is 2. The minimum Gasteiger partial charge on any atom is -0.497 e. The number of nitrogens with zero attached hydrogens (tertiary/aromatic N) is 1. The highest BCUT2D eigenvalue weighted by molar-refractivity contribution is 6.07. The van der Waals surface area contributed by atoms with Crippen molar-refractivity contribution in [2.24, 2.45) is 0 Å². The fraction of sp³-hybridized carbons (Fsp3) is 0.333. The molecule has 1 atom stereocenters. The standard InChI is InChI=1S/C21H21FN2O4/c1-27-15-6-7-16-14(11-15)4-3-9-21(16)19(25)24(20(26)23-21)12-13-5-8-18(28-2)17(22)10-13/h5-8,10-11H,3-4,9,12H2,1-2H3,(H,23,26). The van der Waals surface area contributed by atoms with Gasteiger partial charge in [-0.3, -0.25) is 9.69 Å². The topological polar surface area (TPSA) is 67.9 Å². The van der Waals surface area contributed by atoms with E-state index in [0.29, 0.717) is 12.0 Å². The van der Waals surface area contributed by atoms with Crippen LogP contribution in [0.1, 0.15) is 29.5 Å². The Labute approximate surface area is 162 Å². The maximum absolute atomic E-state index is 14.0. The third-order valence-corrected chi connectivity index (χ3v) is 5.50. The Balaban J connectivity index is 1.66. The van der Waals surface area contributed by atoms with Gasteiger partial charge in [0, 0.05) is 0 Å². The number of fused-ring (bicyclic) bond motifs is 2. The predicted octanol–water partition coefficient (Wildman–Crippen LogP) is 3.13. The third kappa shape index (κ3) is 2.78. The van der Waals surface area contributed by atoms with Gasteiger partial charge in [0.05, 0.1) is 20.8 Å². The van der Waals surface area contributed by atoms with Crippen LogP contribution in [0.5, 0.6) is 11.5 Å². The van der Waals surface area contributed by atoms with Gasteiger partial charge in [0.1, 0.15) is 11.3 Å². The summed E-state index contributed by atoms with van der Waals surface area (Å²) in [5.41, 5.74) is 1.25. The molecule has 1 heterocycles. The van der Waals surface area contributed by atoms with Gasteiger partial charge in [0.2, 0.25) is 0 Å².